The van der Waals surface area contributed by atoms with Crippen molar-refractivity contribution >= 4 is 21.6 Å². The smallest absolute Gasteiger partial charge is 0.226 e. The summed E-state index contributed by atoms with van der Waals surface area (Å²) in [5.74, 6) is 0.450. The number of rotatable bonds is 2. The second-order valence-corrected chi connectivity index (χ2v) is 6.17. The van der Waals surface area contributed by atoms with Crippen molar-refractivity contribution in [1.29, 1.82) is 0 Å². The standard InChI is InChI=1S/C9H13N5O3S/c10-8(13-15)7-1-2-11-9(12-7)14-3-5-18(16,17)6-4-14/h1-2,15H,3-6H2,(H2,10,13). The number of sulfone groups is 1. The lowest BCUT2D eigenvalue weighted by atomic mass is 10.4. The molecule has 1 saturated heterocycles. The Morgan fingerprint density at radius 1 is 1.44 bits per heavy atom. The van der Waals surface area contributed by atoms with Gasteiger partial charge in [-0.1, -0.05) is 5.16 Å². The Balaban J connectivity index is 2.20. The molecular formula is C9H13N5O3S. The van der Waals surface area contributed by atoms with Crippen LogP contribution in [0.2, 0.25) is 0 Å². The SMILES string of the molecule is N/C(=N/O)c1ccnc(N2CCS(=O)(=O)CC2)n1. The van der Waals surface area contributed by atoms with Gasteiger partial charge in [-0.15, -0.1) is 0 Å². The summed E-state index contributed by atoms with van der Waals surface area (Å²) in [6, 6.07) is 1.51. The van der Waals surface area contributed by atoms with Gasteiger partial charge in [-0.05, 0) is 6.07 Å². The van der Waals surface area contributed by atoms with Crippen molar-refractivity contribution in [3.63, 3.8) is 0 Å². The van der Waals surface area contributed by atoms with Gasteiger partial charge in [0, 0.05) is 19.3 Å². The van der Waals surface area contributed by atoms with E-state index in [1.807, 2.05) is 0 Å². The second-order valence-electron chi connectivity index (χ2n) is 3.87. The van der Waals surface area contributed by atoms with E-state index in [1.165, 1.54) is 12.3 Å². The quantitative estimate of drug-likeness (QED) is 0.300. The molecule has 0 bridgehead atoms. The van der Waals surface area contributed by atoms with Crippen LogP contribution in [0.25, 0.3) is 0 Å². The molecule has 0 aliphatic carbocycles. The van der Waals surface area contributed by atoms with Crippen LogP contribution in [-0.4, -0.2) is 54.0 Å². The molecule has 0 unspecified atom stereocenters. The van der Waals surface area contributed by atoms with E-state index < -0.39 is 9.84 Å². The summed E-state index contributed by atoms with van der Waals surface area (Å²) in [7, 11) is -2.94. The van der Waals surface area contributed by atoms with Crippen molar-refractivity contribution in [2.45, 2.75) is 0 Å². The van der Waals surface area contributed by atoms with E-state index in [9.17, 15) is 8.42 Å². The van der Waals surface area contributed by atoms with Crippen molar-refractivity contribution < 1.29 is 13.6 Å². The van der Waals surface area contributed by atoms with E-state index in [1.54, 1.807) is 4.90 Å². The van der Waals surface area contributed by atoms with Crippen molar-refractivity contribution in [2.75, 3.05) is 29.5 Å². The van der Waals surface area contributed by atoms with Gasteiger partial charge >= 0.3 is 0 Å². The molecule has 1 aromatic rings. The third-order valence-corrected chi connectivity index (χ3v) is 4.25. The second kappa shape index (κ2) is 4.77. The number of hydrogen-bond acceptors (Lipinski definition) is 7. The summed E-state index contributed by atoms with van der Waals surface area (Å²) in [5, 5.41) is 11.4. The summed E-state index contributed by atoms with van der Waals surface area (Å²) in [4.78, 5) is 9.93. The van der Waals surface area contributed by atoms with Crippen LogP contribution in [-0.2, 0) is 9.84 Å². The highest BCUT2D eigenvalue weighted by Crippen LogP contribution is 2.12. The predicted molar refractivity (Wildman–Crippen MR) is 65.4 cm³/mol. The fraction of sp³-hybridized carbons (Fsp3) is 0.444. The number of nitrogens with two attached hydrogens (primary N) is 1. The Bertz CT molecular complexity index is 557. The van der Waals surface area contributed by atoms with Gasteiger partial charge in [-0.25, -0.2) is 18.4 Å². The number of nitrogens with zero attached hydrogens (tertiary/aromatic N) is 4. The average Bonchev–Trinajstić information content (AvgIpc) is 2.38. The molecule has 1 aliphatic rings. The molecule has 1 aliphatic heterocycles. The Kier molecular flexibility index (Phi) is 3.32. The maximum absolute atomic E-state index is 11.3. The fourth-order valence-corrected chi connectivity index (χ4v) is 2.81. The van der Waals surface area contributed by atoms with Crippen LogP contribution in [0.1, 0.15) is 5.69 Å². The van der Waals surface area contributed by atoms with Crippen LogP contribution in [0.3, 0.4) is 0 Å². The molecule has 3 N–H and O–H groups in total. The molecule has 8 nitrogen and oxygen atoms in total. The summed E-state index contributed by atoms with van der Waals surface area (Å²) in [5.41, 5.74) is 5.73. The summed E-state index contributed by atoms with van der Waals surface area (Å²) in [6.45, 7) is 0.698. The van der Waals surface area contributed by atoms with Crippen LogP contribution >= 0.6 is 0 Å². The summed E-state index contributed by atoms with van der Waals surface area (Å²) >= 11 is 0. The predicted octanol–water partition coefficient (Wildman–Crippen LogP) is -1.19. The summed E-state index contributed by atoms with van der Waals surface area (Å²) < 4.78 is 22.6. The first-order valence-corrected chi connectivity index (χ1v) is 7.10. The zero-order chi connectivity index (χ0) is 13.2. The van der Waals surface area contributed by atoms with Gasteiger partial charge in [0.05, 0.1) is 11.5 Å². The largest absolute Gasteiger partial charge is 0.409 e. The minimum absolute atomic E-state index is 0.0875. The number of amidine groups is 1. The van der Waals surface area contributed by atoms with Crippen LogP contribution in [0, 0.1) is 0 Å². The van der Waals surface area contributed by atoms with E-state index >= 15 is 0 Å². The molecule has 1 fully saturated rings. The average molecular weight is 271 g/mol. The van der Waals surface area contributed by atoms with E-state index in [0.717, 1.165) is 0 Å². The van der Waals surface area contributed by atoms with Crippen LogP contribution in [0.5, 0.6) is 0 Å². The first-order valence-electron chi connectivity index (χ1n) is 5.28. The highest BCUT2D eigenvalue weighted by Gasteiger charge is 2.23. The van der Waals surface area contributed by atoms with Crippen LogP contribution < -0.4 is 10.6 Å². The van der Waals surface area contributed by atoms with Crippen molar-refractivity contribution in [2.24, 2.45) is 10.9 Å². The van der Waals surface area contributed by atoms with Crippen LogP contribution in [0.4, 0.5) is 5.95 Å². The Labute approximate surface area is 104 Å². The van der Waals surface area contributed by atoms with Gasteiger partial charge in [0.1, 0.15) is 5.69 Å². The molecule has 1 aromatic heterocycles. The molecule has 0 aromatic carbocycles. The molecule has 2 heterocycles. The molecule has 18 heavy (non-hydrogen) atoms. The molecule has 0 saturated carbocycles. The fourth-order valence-electron chi connectivity index (χ4n) is 1.61. The molecule has 0 amide bonds. The van der Waals surface area contributed by atoms with Gasteiger partial charge in [-0.3, -0.25) is 0 Å². The van der Waals surface area contributed by atoms with E-state index in [2.05, 4.69) is 15.1 Å². The maximum atomic E-state index is 11.3. The molecule has 0 radical (unpaired) electrons. The normalized spacial score (nSPS) is 19.8. The first kappa shape index (κ1) is 12.6. The Hall–Kier alpha value is -1.90. The highest BCUT2D eigenvalue weighted by atomic mass is 32.2. The maximum Gasteiger partial charge on any atom is 0.226 e. The lowest BCUT2D eigenvalue weighted by molar-refractivity contribution is 0.318. The number of anilines is 1. The first-order chi connectivity index (χ1) is 8.52. The number of aromatic nitrogens is 2. The van der Waals surface area contributed by atoms with Gasteiger partial charge < -0.3 is 15.8 Å². The third kappa shape index (κ3) is 2.67. The van der Waals surface area contributed by atoms with Crippen molar-refractivity contribution in [1.82, 2.24) is 9.97 Å². The molecule has 9 heteroatoms. The highest BCUT2D eigenvalue weighted by molar-refractivity contribution is 7.91. The topological polar surface area (TPSA) is 122 Å². The molecule has 0 atom stereocenters. The van der Waals surface area contributed by atoms with Gasteiger partial charge in [0.25, 0.3) is 0 Å². The third-order valence-electron chi connectivity index (χ3n) is 2.64. The molecule has 0 spiro atoms. The van der Waals surface area contributed by atoms with Crippen molar-refractivity contribution in [3.8, 4) is 0 Å². The lowest BCUT2D eigenvalue weighted by Gasteiger charge is -2.26. The number of oxime groups is 1. The van der Waals surface area contributed by atoms with Crippen LogP contribution in [0.15, 0.2) is 17.4 Å². The minimum Gasteiger partial charge on any atom is -0.409 e. The lowest BCUT2D eigenvalue weighted by Crippen LogP contribution is -2.41. The zero-order valence-corrected chi connectivity index (χ0v) is 10.3. The minimum atomic E-state index is -2.94. The summed E-state index contributed by atoms with van der Waals surface area (Å²) in [6.07, 6.45) is 1.48. The Morgan fingerprint density at radius 3 is 2.72 bits per heavy atom. The van der Waals surface area contributed by atoms with Crippen molar-refractivity contribution in [3.05, 3.63) is 18.0 Å². The van der Waals surface area contributed by atoms with Gasteiger partial charge in [0.15, 0.2) is 15.7 Å². The van der Waals surface area contributed by atoms with E-state index in [-0.39, 0.29) is 17.3 Å². The van der Waals surface area contributed by atoms with Gasteiger partial charge in [0.2, 0.25) is 5.95 Å². The monoisotopic (exact) mass is 271 g/mol. The van der Waals surface area contributed by atoms with E-state index in [4.69, 9.17) is 10.9 Å². The molecule has 98 valence electrons. The Morgan fingerprint density at radius 2 is 2.11 bits per heavy atom. The molecular weight excluding hydrogens is 258 g/mol. The molecule has 2 rings (SSSR count). The van der Waals surface area contributed by atoms with Gasteiger partial charge in [-0.2, -0.15) is 0 Å². The number of hydrogen-bond donors (Lipinski definition) is 2. The zero-order valence-electron chi connectivity index (χ0n) is 9.52. The van der Waals surface area contributed by atoms with E-state index in [0.29, 0.717) is 24.7 Å².